The van der Waals surface area contributed by atoms with Gasteiger partial charge in [-0.1, -0.05) is 12.1 Å². The van der Waals surface area contributed by atoms with E-state index in [2.05, 4.69) is 4.98 Å². The molecule has 7 nitrogen and oxygen atoms in total. The first kappa shape index (κ1) is 18.2. The molecule has 4 rings (SSSR count). The number of hydrogen-bond donors (Lipinski definition) is 1. The number of nitrogens with zero attached hydrogens (tertiary/aromatic N) is 2. The van der Waals surface area contributed by atoms with Crippen LogP contribution in [0.1, 0.15) is 0 Å². The molecule has 9 heteroatoms. The van der Waals surface area contributed by atoms with Gasteiger partial charge in [-0.2, -0.15) is 0 Å². The number of halogens is 2. The van der Waals surface area contributed by atoms with Gasteiger partial charge in [-0.3, -0.25) is 15.1 Å². The number of aromatic hydroxyl groups is 1. The Bertz CT molecular complexity index is 1310. The van der Waals surface area contributed by atoms with Gasteiger partial charge in [0.1, 0.15) is 22.9 Å². The molecule has 144 valence electrons. The number of hydrogen-bond acceptors (Lipinski definition) is 6. The Balaban J connectivity index is 1.85. The molecule has 0 saturated carbocycles. The summed E-state index contributed by atoms with van der Waals surface area (Å²) in [6.45, 7) is 0. The number of para-hydroxylation sites is 1. The lowest BCUT2D eigenvalue weighted by atomic mass is 10.0. The van der Waals surface area contributed by atoms with Crippen LogP contribution in [-0.4, -0.2) is 15.0 Å². The van der Waals surface area contributed by atoms with E-state index >= 15 is 0 Å². The number of non-ortho nitro benzene ring substituents is 1. The van der Waals surface area contributed by atoms with Crippen molar-refractivity contribution in [2.75, 3.05) is 0 Å². The highest BCUT2D eigenvalue weighted by molar-refractivity contribution is 5.94. The van der Waals surface area contributed by atoms with Crippen LogP contribution < -0.4 is 5.63 Å². The maximum Gasteiger partial charge on any atom is 0.349 e. The SMILES string of the molecule is O=c1oc2c([N+](=O)[O-])cccc2c(O)c1-c1ccc(-c2cc(F)cc(F)c2)cn1. The smallest absolute Gasteiger partial charge is 0.349 e. The highest BCUT2D eigenvalue weighted by Crippen LogP contribution is 2.36. The van der Waals surface area contributed by atoms with E-state index in [4.69, 9.17) is 4.42 Å². The molecule has 0 atom stereocenters. The molecular weight excluding hydrogens is 386 g/mol. The lowest BCUT2D eigenvalue weighted by Gasteiger charge is -2.07. The van der Waals surface area contributed by atoms with E-state index in [0.29, 0.717) is 5.56 Å². The van der Waals surface area contributed by atoms with Gasteiger partial charge in [0.25, 0.3) is 0 Å². The van der Waals surface area contributed by atoms with Gasteiger partial charge in [0.05, 0.1) is 16.0 Å². The number of aromatic nitrogens is 1. The van der Waals surface area contributed by atoms with Crippen LogP contribution >= 0.6 is 0 Å². The number of rotatable bonds is 3. The first-order chi connectivity index (χ1) is 13.8. The molecule has 2 aromatic heterocycles. The minimum absolute atomic E-state index is 0.0214. The maximum atomic E-state index is 13.4. The van der Waals surface area contributed by atoms with E-state index in [1.54, 1.807) is 0 Å². The molecule has 2 aromatic carbocycles. The molecule has 0 radical (unpaired) electrons. The molecule has 29 heavy (non-hydrogen) atoms. The van der Waals surface area contributed by atoms with Gasteiger partial charge >= 0.3 is 11.3 Å². The highest BCUT2D eigenvalue weighted by atomic mass is 19.1. The molecule has 1 N–H and O–H groups in total. The van der Waals surface area contributed by atoms with Crippen LogP contribution in [0.4, 0.5) is 14.5 Å². The summed E-state index contributed by atoms with van der Waals surface area (Å²) < 4.78 is 31.9. The largest absolute Gasteiger partial charge is 0.506 e. The van der Waals surface area contributed by atoms with E-state index in [9.17, 15) is 28.8 Å². The van der Waals surface area contributed by atoms with E-state index in [-0.39, 0.29) is 27.8 Å². The monoisotopic (exact) mass is 396 g/mol. The summed E-state index contributed by atoms with van der Waals surface area (Å²) in [5.74, 6) is -2.02. The zero-order chi connectivity index (χ0) is 20.7. The van der Waals surface area contributed by atoms with Crippen molar-refractivity contribution in [3.8, 4) is 28.1 Å². The van der Waals surface area contributed by atoms with Crippen molar-refractivity contribution in [1.82, 2.24) is 4.98 Å². The molecule has 0 aliphatic rings. The van der Waals surface area contributed by atoms with Crippen LogP contribution in [0.25, 0.3) is 33.4 Å². The fraction of sp³-hybridized carbons (Fsp3) is 0. The number of nitro groups is 1. The molecule has 0 saturated heterocycles. The van der Waals surface area contributed by atoms with Crippen LogP contribution in [0.3, 0.4) is 0 Å². The van der Waals surface area contributed by atoms with Crippen LogP contribution in [0, 0.1) is 21.7 Å². The van der Waals surface area contributed by atoms with Crippen molar-refractivity contribution >= 4 is 16.7 Å². The lowest BCUT2D eigenvalue weighted by molar-refractivity contribution is -0.383. The summed E-state index contributed by atoms with van der Waals surface area (Å²) in [5, 5.41) is 21.6. The van der Waals surface area contributed by atoms with Crippen LogP contribution in [0.2, 0.25) is 0 Å². The average Bonchev–Trinajstić information content (AvgIpc) is 2.67. The average molecular weight is 396 g/mol. The Kier molecular flexibility index (Phi) is 4.27. The molecule has 0 aliphatic carbocycles. The molecule has 4 aromatic rings. The lowest BCUT2D eigenvalue weighted by Crippen LogP contribution is -2.05. The molecule has 0 amide bonds. The Morgan fingerprint density at radius 3 is 2.38 bits per heavy atom. The van der Waals surface area contributed by atoms with Crippen molar-refractivity contribution in [2.24, 2.45) is 0 Å². The summed E-state index contributed by atoms with van der Waals surface area (Å²) in [7, 11) is 0. The first-order valence-corrected chi connectivity index (χ1v) is 8.21. The van der Waals surface area contributed by atoms with Crippen LogP contribution in [-0.2, 0) is 0 Å². The van der Waals surface area contributed by atoms with Gasteiger partial charge in [0.15, 0.2) is 0 Å². The van der Waals surface area contributed by atoms with Gasteiger partial charge in [-0.15, -0.1) is 0 Å². The van der Waals surface area contributed by atoms with E-state index in [1.807, 2.05) is 0 Å². The second-order valence-electron chi connectivity index (χ2n) is 6.11. The maximum absolute atomic E-state index is 13.4. The van der Waals surface area contributed by atoms with Crippen molar-refractivity contribution < 1.29 is 23.2 Å². The quantitative estimate of drug-likeness (QED) is 0.312. The van der Waals surface area contributed by atoms with Crippen LogP contribution in [0.5, 0.6) is 5.75 Å². The molecule has 0 fully saturated rings. The number of fused-ring (bicyclic) bond motifs is 1. The molecule has 0 bridgehead atoms. The third-order valence-electron chi connectivity index (χ3n) is 4.30. The second-order valence-corrected chi connectivity index (χ2v) is 6.11. The summed E-state index contributed by atoms with van der Waals surface area (Å²) in [6.07, 6.45) is 1.28. The standard InChI is InChI=1S/C20H10F2N2O5/c21-12-6-11(7-13(22)8-12)10-4-5-15(23-9-10)17-18(25)14-2-1-3-16(24(27)28)19(14)29-20(17)26/h1-9,25H. The fourth-order valence-corrected chi connectivity index (χ4v) is 3.00. The zero-order valence-electron chi connectivity index (χ0n) is 14.4. The third-order valence-corrected chi connectivity index (χ3v) is 4.30. The summed E-state index contributed by atoms with van der Waals surface area (Å²) in [4.78, 5) is 26.8. The Hall–Kier alpha value is -4.14. The van der Waals surface area contributed by atoms with Gasteiger partial charge < -0.3 is 9.52 Å². The van der Waals surface area contributed by atoms with Crippen molar-refractivity contribution in [2.45, 2.75) is 0 Å². The molecule has 2 heterocycles. The minimum Gasteiger partial charge on any atom is -0.506 e. The van der Waals surface area contributed by atoms with Gasteiger partial charge in [0, 0.05) is 23.9 Å². The topological polar surface area (TPSA) is 106 Å². The second kappa shape index (κ2) is 6.79. The summed E-state index contributed by atoms with van der Waals surface area (Å²) >= 11 is 0. The Morgan fingerprint density at radius 1 is 1.03 bits per heavy atom. The van der Waals surface area contributed by atoms with Crippen molar-refractivity contribution in [3.63, 3.8) is 0 Å². The van der Waals surface area contributed by atoms with E-state index < -0.39 is 33.6 Å². The van der Waals surface area contributed by atoms with Gasteiger partial charge in [0.2, 0.25) is 5.58 Å². The summed E-state index contributed by atoms with van der Waals surface area (Å²) in [5.41, 5.74) is -1.45. The number of benzene rings is 2. The van der Waals surface area contributed by atoms with E-state index in [1.165, 1.54) is 30.5 Å². The third kappa shape index (κ3) is 3.18. The fourth-order valence-electron chi connectivity index (χ4n) is 3.00. The van der Waals surface area contributed by atoms with E-state index in [0.717, 1.165) is 24.3 Å². The molecule has 0 aliphatic heterocycles. The number of pyridine rings is 1. The normalized spacial score (nSPS) is 11.0. The molecule has 0 spiro atoms. The highest BCUT2D eigenvalue weighted by Gasteiger charge is 2.22. The summed E-state index contributed by atoms with van der Waals surface area (Å²) in [6, 6.07) is 9.69. The van der Waals surface area contributed by atoms with Crippen LogP contribution in [0.15, 0.2) is 63.9 Å². The first-order valence-electron chi connectivity index (χ1n) is 8.21. The Morgan fingerprint density at radius 2 is 1.76 bits per heavy atom. The predicted octanol–water partition coefficient (Wildman–Crippen LogP) is 4.41. The van der Waals surface area contributed by atoms with Crippen molar-refractivity contribution in [3.05, 3.63) is 86.9 Å². The van der Waals surface area contributed by atoms with Gasteiger partial charge in [-0.05, 0) is 29.8 Å². The zero-order valence-corrected chi connectivity index (χ0v) is 14.4. The van der Waals surface area contributed by atoms with Gasteiger partial charge in [-0.25, -0.2) is 13.6 Å². The molecular formula is C20H10F2N2O5. The number of nitro benzene ring substituents is 1. The molecule has 0 unspecified atom stereocenters. The minimum atomic E-state index is -1.01. The van der Waals surface area contributed by atoms with Crippen molar-refractivity contribution in [1.29, 1.82) is 0 Å². The predicted molar refractivity (Wildman–Crippen MR) is 99.4 cm³/mol. The Labute approximate surface area is 160 Å².